The molecule has 0 spiro atoms. The molecular weight excluding hydrogens is 306 g/mol. The van der Waals surface area contributed by atoms with Crippen LogP contribution in [0.3, 0.4) is 0 Å². The van der Waals surface area contributed by atoms with Crippen LogP contribution >= 0.6 is 11.8 Å². The summed E-state index contributed by atoms with van der Waals surface area (Å²) in [7, 11) is -1.56. The van der Waals surface area contributed by atoms with Gasteiger partial charge < -0.3 is 9.88 Å². The van der Waals surface area contributed by atoms with E-state index >= 15 is 0 Å². The molecule has 0 aliphatic carbocycles. The highest BCUT2D eigenvalue weighted by molar-refractivity contribution is 7.99. The number of rotatable bonds is 6. The molecule has 0 aromatic carbocycles. The lowest BCUT2D eigenvalue weighted by Gasteiger charge is -2.22. The molecule has 7 heteroatoms. The average Bonchev–Trinajstić information content (AvgIpc) is 2.85. The molecule has 0 bridgehead atoms. The lowest BCUT2D eigenvalue weighted by Crippen LogP contribution is -2.37. The summed E-state index contributed by atoms with van der Waals surface area (Å²) in [4.78, 5) is 0.375. The molecule has 120 valence electrons. The summed E-state index contributed by atoms with van der Waals surface area (Å²) in [5.41, 5.74) is 0.993. The van der Waals surface area contributed by atoms with Crippen molar-refractivity contribution in [2.75, 3.05) is 18.6 Å². The Balaban J connectivity index is 2.20. The number of hydrogen-bond acceptors (Lipinski definition) is 4. The Morgan fingerprint density at radius 2 is 2.05 bits per heavy atom. The maximum absolute atomic E-state index is 12.5. The summed E-state index contributed by atoms with van der Waals surface area (Å²) in [5, 5.41) is 3.09. The van der Waals surface area contributed by atoms with Crippen molar-refractivity contribution >= 4 is 21.8 Å². The molecule has 2 rings (SSSR count). The first-order valence-electron chi connectivity index (χ1n) is 7.39. The van der Waals surface area contributed by atoms with E-state index in [1.807, 2.05) is 23.4 Å². The number of aromatic nitrogens is 1. The van der Waals surface area contributed by atoms with E-state index in [1.54, 1.807) is 12.3 Å². The fourth-order valence-corrected chi connectivity index (χ4v) is 5.01. The van der Waals surface area contributed by atoms with Crippen molar-refractivity contribution in [3.8, 4) is 0 Å². The molecule has 0 unspecified atom stereocenters. The van der Waals surface area contributed by atoms with Crippen LogP contribution in [0.25, 0.3) is 0 Å². The summed E-state index contributed by atoms with van der Waals surface area (Å²) in [6, 6.07) is 2.09. The van der Waals surface area contributed by atoms with Gasteiger partial charge in [0.15, 0.2) is 0 Å². The van der Waals surface area contributed by atoms with Crippen molar-refractivity contribution in [3.63, 3.8) is 0 Å². The SMILES string of the molecule is CNCc1cc(S(=O)(=O)NC2CCSCC2)cn1C(C)C. The van der Waals surface area contributed by atoms with Crippen LogP contribution in [0.5, 0.6) is 0 Å². The Morgan fingerprint density at radius 1 is 1.38 bits per heavy atom. The lowest BCUT2D eigenvalue weighted by atomic mass is 10.2. The van der Waals surface area contributed by atoms with E-state index < -0.39 is 10.0 Å². The molecule has 1 aliphatic heterocycles. The molecule has 1 aromatic rings. The van der Waals surface area contributed by atoms with E-state index in [9.17, 15) is 8.42 Å². The third kappa shape index (κ3) is 4.25. The molecule has 2 N–H and O–H groups in total. The van der Waals surface area contributed by atoms with Crippen molar-refractivity contribution in [2.45, 2.75) is 50.2 Å². The van der Waals surface area contributed by atoms with Crippen molar-refractivity contribution in [1.29, 1.82) is 0 Å². The first-order chi connectivity index (χ1) is 9.94. The summed E-state index contributed by atoms with van der Waals surface area (Å²) in [5.74, 6) is 2.07. The van der Waals surface area contributed by atoms with E-state index in [0.717, 1.165) is 30.0 Å². The van der Waals surface area contributed by atoms with Crippen LogP contribution in [0, 0.1) is 0 Å². The minimum absolute atomic E-state index is 0.0754. The molecule has 1 saturated heterocycles. The molecule has 1 aliphatic rings. The minimum Gasteiger partial charge on any atom is -0.346 e. The quantitative estimate of drug-likeness (QED) is 0.836. The van der Waals surface area contributed by atoms with Crippen LogP contribution in [0.1, 0.15) is 38.4 Å². The molecule has 0 saturated carbocycles. The van der Waals surface area contributed by atoms with Crippen molar-refractivity contribution in [3.05, 3.63) is 18.0 Å². The predicted molar refractivity (Wildman–Crippen MR) is 88.2 cm³/mol. The van der Waals surface area contributed by atoms with Crippen molar-refractivity contribution in [2.24, 2.45) is 0 Å². The Morgan fingerprint density at radius 3 is 2.62 bits per heavy atom. The highest BCUT2D eigenvalue weighted by Gasteiger charge is 2.24. The van der Waals surface area contributed by atoms with Crippen LogP contribution in [-0.2, 0) is 16.6 Å². The zero-order valence-corrected chi connectivity index (χ0v) is 14.6. The highest BCUT2D eigenvalue weighted by Crippen LogP contribution is 2.22. The van der Waals surface area contributed by atoms with Crippen LogP contribution < -0.4 is 10.0 Å². The highest BCUT2D eigenvalue weighted by atomic mass is 32.2. The zero-order chi connectivity index (χ0) is 15.5. The van der Waals surface area contributed by atoms with Gasteiger partial charge in [0.25, 0.3) is 0 Å². The largest absolute Gasteiger partial charge is 0.346 e. The summed E-state index contributed by atoms with van der Waals surface area (Å²) in [6.45, 7) is 4.77. The van der Waals surface area contributed by atoms with Gasteiger partial charge in [-0.05, 0) is 51.3 Å². The van der Waals surface area contributed by atoms with Crippen LogP contribution in [0.2, 0.25) is 0 Å². The van der Waals surface area contributed by atoms with Gasteiger partial charge in [0.2, 0.25) is 10.0 Å². The van der Waals surface area contributed by atoms with Gasteiger partial charge in [0.1, 0.15) is 0 Å². The smallest absolute Gasteiger partial charge is 0.242 e. The van der Waals surface area contributed by atoms with E-state index in [1.165, 1.54) is 0 Å². The maximum Gasteiger partial charge on any atom is 0.242 e. The number of sulfonamides is 1. The molecule has 1 aromatic heterocycles. The average molecular weight is 332 g/mol. The van der Waals surface area contributed by atoms with Gasteiger partial charge in [-0.25, -0.2) is 13.1 Å². The van der Waals surface area contributed by atoms with E-state index in [0.29, 0.717) is 11.4 Å². The van der Waals surface area contributed by atoms with Crippen LogP contribution in [0.15, 0.2) is 17.2 Å². The molecule has 2 heterocycles. The standard InChI is InChI=1S/C14H25N3O2S2/c1-11(2)17-10-14(8-13(17)9-15-3)21(18,19)16-12-4-6-20-7-5-12/h8,10-12,15-16H,4-7,9H2,1-3H3. The minimum atomic E-state index is -3.42. The Kier molecular flexibility index (Phi) is 5.76. The molecule has 21 heavy (non-hydrogen) atoms. The first kappa shape index (κ1) is 16.9. The van der Waals surface area contributed by atoms with Gasteiger partial charge in [-0.15, -0.1) is 0 Å². The number of hydrogen-bond donors (Lipinski definition) is 2. The molecular formula is C14H25N3O2S2. The van der Waals surface area contributed by atoms with Gasteiger partial charge in [-0.2, -0.15) is 11.8 Å². The Labute approximate surface area is 131 Å². The van der Waals surface area contributed by atoms with Crippen molar-refractivity contribution in [1.82, 2.24) is 14.6 Å². The van der Waals surface area contributed by atoms with Crippen LogP contribution in [0.4, 0.5) is 0 Å². The fraction of sp³-hybridized carbons (Fsp3) is 0.714. The zero-order valence-electron chi connectivity index (χ0n) is 12.9. The normalized spacial score (nSPS) is 17.5. The second-order valence-electron chi connectivity index (χ2n) is 5.71. The molecule has 5 nitrogen and oxygen atoms in total. The lowest BCUT2D eigenvalue weighted by molar-refractivity contribution is 0.527. The molecule has 1 fully saturated rings. The molecule has 0 radical (unpaired) electrons. The predicted octanol–water partition coefficient (Wildman–Crippen LogP) is 1.96. The monoisotopic (exact) mass is 331 g/mol. The third-order valence-corrected chi connectivity index (χ3v) is 6.21. The summed E-state index contributed by atoms with van der Waals surface area (Å²) in [6.07, 6.45) is 3.58. The molecule has 0 amide bonds. The van der Waals surface area contributed by atoms with Crippen LogP contribution in [-0.4, -0.2) is 37.6 Å². The topological polar surface area (TPSA) is 63.1 Å². The first-order valence-corrected chi connectivity index (χ1v) is 10.0. The second kappa shape index (κ2) is 7.17. The molecule has 0 atom stereocenters. The van der Waals surface area contributed by atoms with E-state index in [-0.39, 0.29) is 12.1 Å². The van der Waals surface area contributed by atoms with E-state index in [4.69, 9.17) is 0 Å². The van der Waals surface area contributed by atoms with Gasteiger partial charge in [0.05, 0.1) is 4.90 Å². The number of thioether (sulfide) groups is 1. The summed E-state index contributed by atoms with van der Waals surface area (Å²) < 4.78 is 30.0. The van der Waals surface area contributed by atoms with Gasteiger partial charge in [0, 0.05) is 30.5 Å². The summed E-state index contributed by atoms with van der Waals surface area (Å²) >= 11 is 1.89. The van der Waals surface area contributed by atoms with Gasteiger partial charge in [-0.1, -0.05) is 0 Å². The second-order valence-corrected chi connectivity index (χ2v) is 8.65. The number of nitrogens with zero attached hydrogens (tertiary/aromatic N) is 1. The Hall–Kier alpha value is -0.500. The third-order valence-electron chi connectivity index (χ3n) is 3.67. The van der Waals surface area contributed by atoms with Crippen molar-refractivity contribution < 1.29 is 8.42 Å². The Bertz CT molecular complexity index is 561. The van der Waals surface area contributed by atoms with Gasteiger partial charge >= 0.3 is 0 Å². The van der Waals surface area contributed by atoms with Gasteiger partial charge in [-0.3, -0.25) is 0 Å². The maximum atomic E-state index is 12.5. The number of nitrogens with one attached hydrogen (secondary N) is 2. The fourth-order valence-electron chi connectivity index (χ4n) is 2.55. The van der Waals surface area contributed by atoms with E-state index in [2.05, 4.69) is 23.9 Å².